The van der Waals surface area contributed by atoms with E-state index in [0.717, 1.165) is 9.87 Å². The van der Waals surface area contributed by atoms with Crippen LogP contribution in [0.4, 0.5) is 0 Å². The van der Waals surface area contributed by atoms with Gasteiger partial charge in [-0.05, 0) is 42.8 Å². The number of sulfonamides is 1. The van der Waals surface area contributed by atoms with Crippen LogP contribution in [-0.4, -0.2) is 39.3 Å². The molecule has 0 unspecified atom stereocenters. The number of hydrogen-bond acceptors (Lipinski definition) is 4. The second-order valence-electron chi connectivity index (χ2n) is 5.90. The van der Waals surface area contributed by atoms with E-state index in [1.54, 1.807) is 31.2 Å². The van der Waals surface area contributed by atoms with Crippen molar-refractivity contribution in [3.63, 3.8) is 0 Å². The summed E-state index contributed by atoms with van der Waals surface area (Å²) < 4.78 is 31.3. The van der Waals surface area contributed by atoms with Crippen LogP contribution >= 0.6 is 23.2 Å². The third-order valence-corrected chi connectivity index (χ3v) is 6.29. The predicted molar refractivity (Wildman–Crippen MR) is 106 cm³/mol. The Hall–Kier alpha value is -1.80. The Morgan fingerprint density at radius 2 is 1.81 bits per heavy atom. The maximum absolute atomic E-state index is 12.6. The van der Waals surface area contributed by atoms with Gasteiger partial charge in [0, 0.05) is 12.1 Å². The van der Waals surface area contributed by atoms with E-state index >= 15 is 0 Å². The lowest BCUT2D eigenvalue weighted by molar-refractivity contribution is -0.121. The molecule has 2 aromatic carbocycles. The zero-order valence-corrected chi connectivity index (χ0v) is 17.4. The third kappa shape index (κ3) is 5.35. The molecule has 0 radical (unpaired) electrons. The molecule has 0 fully saturated rings. The van der Waals surface area contributed by atoms with Gasteiger partial charge in [0.05, 0.1) is 29.6 Å². The molecule has 0 spiro atoms. The lowest BCUT2D eigenvalue weighted by Gasteiger charge is -2.20. The minimum atomic E-state index is -3.87. The first kappa shape index (κ1) is 21.5. The van der Waals surface area contributed by atoms with Crippen LogP contribution in [0.5, 0.6) is 5.75 Å². The van der Waals surface area contributed by atoms with Gasteiger partial charge in [-0.2, -0.15) is 4.31 Å². The van der Waals surface area contributed by atoms with E-state index < -0.39 is 15.9 Å². The summed E-state index contributed by atoms with van der Waals surface area (Å²) in [7, 11) is -1.10. The first-order chi connectivity index (χ1) is 12.6. The van der Waals surface area contributed by atoms with Crippen molar-refractivity contribution in [1.29, 1.82) is 0 Å². The van der Waals surface area contributed by atoms with Gasteiger partial charge >= 0.3 is 0 Å². The Balaban J connectivity index is 2.06. The molecule has 0 saturated heterocycles. The largest absolute Gasteiger partial charge is 0.495 e. The quantitative estimate of drug-likeness (QED) is 0.728. The number of hydrogen-bond donors (Lipinski definition) is 1. The maximum atomic E-state index is 12.6. The highest BCUT2D eigenvalue weighted by Gasteiger charge is 2.24. The summed E-state index contributed by atoms with van der Waals surface area (Å²) in [5.74, 6) is -0.0593. The second-order valence-corrected chi connectivity index (χ2v) is 8.79. The average molecular weight is 431 g/mol. The van der Waals surface area contributed by atoms with Crippen molar-refractivity contribution in [3.8, 4) is 5.75 Å². The molecule has 0 aliphatic rings. The molecule has 0 aliphatic carbocycles. The first-order valence-electron chi connectivity index (χ1n) is 8.00. The number of nitrogens with one attached hydrogen (secondary N) is 1. The van der Waals surface area contributed by atoms with E-state index in [1.807, 2.05) is 0 Å². The van der Waals surface area contributed by atoms with Crippen LogP contribution in [-0.2, 0) is 14.8 Å². The molecule has 0 saturated carbocycles. The lowest BCUT2D eigenvalue weighted by Crippen LogP contribution is -2.39. The third-order valence-electron chi connectivity index (χ3n) is 3.95. The maximum Gasteiger partial charge on any atom is 0.243 e. The van der Waals surface area contributed by atoms with Gasteiger partial charge in [-0.3, -0.25) is 4.79 Å². The molecule has 0 heterocycles. The minimum Gasteiger partial charge on any atom is -0.495 e. The number of amides is 1. The van der Waals surface area contributed by atoms with Gasteiger partial charge < -0.3 is 10.1 Å². The Morgan fingerprint density at radius 1 is 1.19 bits per heavy atom. The molecule has 9 heteroatoms. The first-order valence-corrected chi connectivity index (χ1v) is 10.2. The number of ether oxygens (including phenoxy) is 1. The molecule has 0 aliphatic heterocycles. The fourth-order valence-corrected chi connectivity index (χ4v) is 4.00. The zero-order valence-electron chi connectivity index (χ0n) is 15.1. The molecule has 6 nitrogen and oxygen atoms in total. The summed E-state index contributed by atoms with van der Waals surface area (Å²) in [5.41, 5.74) is 0.861. The predicted octanol–water partition coefficient (Wildman–Crippen LogP) is 3.50. The summed E-state index contributed by atoms with van der Waals surface area (Å²) in [5, 5.41) is 3.54. The van der Waals surface area contributed by atoms with Crippen LogP contribution in [0.3, 0.4) is 0 Å². The van der Waals surface area contributed by atoms with Crippen LogP contribution in [0.25, 0.3) is 0 Å². The smallest absolute Gasteiger partial charge is 0.243 e. The van der Waals surface area contributed by atoms with E-state index in [0.29, 0.717) is 10.8 Å². The SMILES string of the molecule is COc1ccc(S(=O)(=O)N(C)CC(=O)N[C@@H](C)c2ccc(Cl)cc2)cc1Cl. The highest BCUT2D eigenvalue weighted by molar-refractivity contribution is 7.89. The van der Waals surface area contributed by atoms with Gasteiger partial charge in [0.1, 0.15) is 5.75 Å². The Morgan fingerprint density at radius 3 is 2.37 bits per heavy atom. The normalized spacial score (nSPS) is 12.7. The Bertz CT molecular complexity index is 917. The summed E-state index contributed by atoms with van der Waals surface area (Å²) >= 11 is 11.8. The molecule has 1 N–H and O–H groups in total. The number of carbonyl (C=O) groups is 1. The number of rotatable bonds is 7. The van der Waals surface area contributed by atoms with Crippen LogP contribution in [0.2, 0.25) is 10.0 Å². The number of halogens is 2. The van der Waals surface area contributed by atoms with Crippen molar-refractivity contribution >= 4 is 39.1 Å². The number of carbonyl (C=O) groups excluding carboxylic acids is 1. The topological polar surface area (TPSA) is 75.7 Å². The van der Waals surface area contributed by atoms with E-state index in [-0.39, 0.29) is 22.5 Å². The highest BCUT2D eigenvalue weighted by atomic mass is 35.5. The Kier molecular flexibility index (Phi) is 7.11. The molecule has 0 bridgehead atoms. The van der Waals surface area contributed by atoms with Gasteiger partial charge in [-0.1, -0.05) is 35.3 Å². The average Bonchev–Trinajstić information content (AvgIpc) is 2.61. The van der Waals surface area contributed by atoms with Gasteiger partial charge in [0.2, 0.25) is 15.9 Å². The molecule has 27 heavy (non-hydrogen) atoms. The van der Waals surface area contributed by atoms with Gasteiger partial charge in [-0.25, -0.2) is 8.42 Å². The number of methoxy groups -OCH3 is 1. The van der Waals surface area contributed by atoms with Crippen molar-refractivity contribution in [3.05, 3.63) is 58.1 Å². The molecule has 1 amide bonds. The van der Waals surface area contributed by atoms with E-state index in [9.17, 15) is 13.2 Å². The highest BCUT2D eigenvalue weighted by Crippen LogP contribution is 2.28. The molecule has 1 atom stereocenters. The summed E-state index contributed by atoms with van der Waals surface area (Å²) in [4.78, 5) is 12.2. The van der Waals surface area contributed by atoms with Crippen LogP contribution in [0.15, 0.2) is 47.4 Å². The van der Waals surface area contributed by atoms with Gasteiger partial charge in [0.15, 0.2) is 0 Å². The van der Waals surface area contributed by atoms with Crippen LogP contribution in [0.1, 0.15) is 18.5 Å². The minimum absolute atomic E-state index is 0.0191. The van der Waals surface area contributed by atoms with Crippen molar-refractivity contribution < 1.29 is 17.9 Å². The molecule has 146 valence electrons. The molecule has 0 aromatic heterocycles. The van der Waals surface area contributed by atoms with Crippen LogP contribution < -0.4 is 10.1 Å². The molecule has 2 aromatic rings. The van der Waals surface area contributed by atoms with Crippen molar-refractivity contribution in [2.45, 2.75) is 17.9 Å². The number of nitrogens with zero attached hydrogens (tertiary/aromatic N) is 1. The summed E-state index contributed by atoms with van der Waals surface area (Å²) in [6.07, 6.45) is 0. The number of likely N-dealkylation sites (N-methyl/N-ethyl adjacent to an activating group) is 1. The zero-order chi connectivity index (χ0) is 20.2. The summed E-state index contributed by atoms with van der Waals surface area (Å²) in [6, 6.07) is 10.9. The summed E-state index contributed by atoms with van der Waals surface area (Å²) in [6.45, 7) is 1.47. The van der Waals surface area contributed by atoms with E-state index in [1.165, 1.54) is 32.4 Å². The van der Waals surface area contributed by atoms with Gasteiger partial charge in [-0.15, -0.1) is 0 Å². The van der Waals surface area contributed by atoms with Gasteiger partial charge in [0.25, 0.3) is 0 Å². The van der Waals surface area contributed by atoms with Crippen molar-refractivity contribution in [1.82, 2.24) is 9.62 Å². The molecular formula is C18H20Cl2N2O4S. The molecule has 2 rings (SSSR count). The standard InChI is InChI=1S/C18H20Cl2N2O4S/c1-12(13-4-6-14(19)7-5-13)21-18(23)11-22(2)27(24,25)15-8-9-17(26-3)16(20)10-15/h4-10,12H,11H2,1-3H3,(H,21,23)/t12-/m0/s1. The van der Waals surface area contributed by atoms with Crippen LogP contribution in [0, 0.1) is 0 Å². The van der Waals surface area contributed by atoms with Crippen molar-refractivity contribution in [2.75, 3.05) is 20.7 Å². The van der Waals surface area contributed by atoms with E-state index in [4.69, 9.17) is 27.9 Å². The second kappa shape index (κ2) is 8.93. The molecular weight excluding hydrogens is 411 g/mol. The monoisotopic (exact) mass is 430 g/mol. The fourth-order valence-electron chi connectivity index (χ4n) is 2.40. The number of benzene rings is 2. The lowest BCUT2D eigenvalue weighted by atomic mass is 10.1. The van der Waals surface area contributed by atoms with E-state index in [2.05, 4.69) is 5.32 Å². The fraction of sp³-hybridized carbons (Fsp3) is 0.278. The van der Waals surface area contributed by atoms with Crippen molar-refractivity contribution in [2.24, 2.45) is 0 Å². The Labute approximate surface area is 169 Å².